The van der Waals surface area contributed by atoms with Crippen molar-refractivity contribution in [1.82, 2.24) is 19.7 Å². The summed E-state index contributed by atoms with van der Waals surface area (Å²) in [6, 6.07) is 14.0. The number of thioether (sulfide) groups is 1. The summed E-state index contributed by atoms with van der Waals surface area (Å²) in [6.07, 6.45) is -2.00. The Bertz CT molecular complexity index is 1530. The molecule has 1 unspecified atom stereocenters. The number of aromatic nitrogens is 3. The van der Waals surface area contributed by atoms with Gasteiger partial charge in [-0.05, 0) is 45.4 Å². The van der Waals surface area contributed by atoms with Gasteiger partial charge in [0, 0.05) is 12.3 Å². The molecule has 1 aliphatic rings. The molecule has 1 fully saturated rings. The molecule has 0 aliphatic carbocycles. The van der Waals surface area contributed by atoms with E-state index in [9.17, 15) is 24.8 Å². The van der Waals surface area contributed by atoms with Gasteiger partial charge in [0.1, 0.15) is 24.6 Å². The molecule has 1 aromatic carbocycles. The lowest BCUT2D eigenvalue weighted by Crippen LogP contribution is -2.48. The molecule has 15 heteroatoms. The summed E-state index contributed by atoms with van der Waals surface area (Å²) in [5.74, 6) is 0.119. The molecule has 1 aliphatic heterocycles. The number of nitrogens with one attached hydrogen (secondary N) is 1. The van der Waals surface area contributed by atoms with Gasteiger partial charge < -0.3 is 14.9 Å². The third kappa shape index (κ3) is 6.69. The van der Waals surface area contributed by atoms with Crippen molar-refractivity contribution >= 4 is 30.1 Å². The minimum absolute atomic E-state index is 0.0520. The van der Waals surface area contributed by atoms with E-state index in [-0.39, 0.29) is 36.3 Å². The summed E-state index contributed by atoms with van der Waals surface area (Å²) in [7, 11) is -4.12. The fraction of sp³-hybridized carbons (Fsp3) is 0.500. The third-order valence-corrected chi connectivity index (χ3v) is 10.1. The predicted octanol–water partition coefficient (Wildman–Crippen LogP) is 3.45. The van der Waals surface area contributed by atoms with E-state index >= 15 is 4.39 Å². The summed E-state index contributed by atoms with van der Waals surface area (Å²) in [4.78, 5) is 16.4. The van der Waals surface area contributed by atoms with Gasteiger partial charge in [0.2, 0.25) is 5.60 Å². The summed E-state index contributed by atoms with van der Waals surface area (Å²) in [5.41, 5.74) is -3.91. The van der Waals surface area contributed by atoms with Crippen LogP contribution in [0.25, 0.3) is 5.52 Å². The first-order valence-corrected chi connectivity index (χ1v) is 16.1. The second kappa shape index (κ2) is 13.1. The van der Waals surface area contributed by atoms with E-state index in [4.69, 9.17) is 13.8 Å². The molecule has 2 aromatic heterocycles. The highest BCUT2D eigenvalue weighted by Crippen LogP contribution is 2.51. The Labute approximate surface area is 253 Å². The van der Waals surface area contributed by atoms with Gasteiger partial charge in [-0.3, -0.25) is 13.8 Å². The summed E-state index contributed by atoms with van der Waals surface area (Å²) in [6.45, 7) is 5.01. The molecule has 5 atom stereocenters. The number of hydrogen-bond donors (Lipinski definition) is 3. The minimum Gasteiger partial charge on any atom is -0.395 e. The van der Waals surface area contributed by atoms with Crippen molar-refractivity contribution in [1.29, 1.82) is 5.26 Å². The van der Waals surface area contributed by atoms with E-state index in [0.717, 1.165) is 24.2 Å². The zero-order valence-corrected chi connectivity index (χ0v) is 26.0. The number of aliphatic hydroxyl groups excluding tert-OH is 2. The third-order valence-electron chi connectivity index (χ3n) is 7.34. The van der Waals surface area contributed by atoms with Crippen molar-refractivity contribution in [2.75, 3.05) is 25.6 Å². The van der Waals surface area contributed by atoms with Crippen LogP contribution >= 0.6 is 19.5 Å². The molecule has 0 saturated carbocycles. The van der Waals surface area contributed by atoms with E-state index in [1.807, 2.05) is 12.1 Å². The fourth-order valence-electron chi connectivity index (χ4n) is 4.55. The number of rotatable bonds is 13. The molecule has 43 heavy (non-hydrogen) atoms. The highest BCUT2D eigenvalue weighted by Gasteiger charge is 2.67. The zero-order chi connectivity index (χ0) is 31.5. The van der Waals surface area contributed by atoms with Crippen molar-refractivity contribution in [3.63, 3.8) is 0 Å². The van der Waals surface area contributed by atoms with Crippen molar-refractivity contribution < 1.29 is 37.7 Å². The van der Waals surface area contributed by atoms with Gasteiger partial charge in [-0.1, -0.05) is 42.1 Å². The van der Waals surface area contributed by atoms with E-state index in [2.05, 4.69) is 15.2 Å². The highest BCUT2D eigenvalue weighted by atomic mass is 32.2. The maximum Gasteiger partial charge on any atom is 0.405 e. The summed E-state index contributed by atoms with van der Waals surface area (Å²) < 4.78 is 48.6. The Hall–Kier alpha value is -2.73. The van der Waals surface area contributed by atoms with Gasteiger partial charge in [0.05, 0.1) is 42.1 Å². The Morgan fingerprint density at radius 3 is 2.70 bits per heavy atom. The maximum atomic E-state index is 16.3. The van der Waals surface area contributed by atoms with Gasteiger partial charge in [-0.2, -0.15) is 10.4 Å². The van der Waals surface area contributed by atoms with Crippen molar-refractivity contribution in [2.45, 2.75) is 57.7 Å². The van der Waals surface area contributed by atoms with Crippen LogP contribution in [0.15, 0.2) is 48.8 Å². The molecule has 3 heterocycles. The number of nitriles is 1. The lowest BCUT2D eigenvalue weighted by atomic mass is 9.82. The molecule has 12 nitrogen and oxygen atoms in total. The standard InChI is InChI=1S/C28H35FN5O7PS/c1-19-21-10-11-23(34(21)32-18-31-19)28(16-30)27(4,29)24(36)22(41-28)15-40-42(38,33-14-20-8-6-5-7-9-20)39-12-13-43-25(37)26(2,3)17-35/h5-11,18,22,24,35-36H,12-15,17H2,1-4H3,(H,33,38)/t22-,24-,27-,28+,42?/m1/s1. The van der Waals surface area contributed by atoms with E-state index in [0.29, 0.717) is 11.2 Å². The first-order chi connectivity index (χ1) is 20.3. The van der Waals surface area contributed by atoms with Crippen LogP contribution < -0.4 is 5.09 Å². The number of aryl methyl sites for hydroxylation is 1. The van der Waals surface area contributed by atoms with Crippen LogP contribution in [0.5, 0.6) is 0 Å². The van der Waals surface area contributed by atoms with Gasteiger partial charge in [0.15, 0.2) is 10.8 Å². The van der Waals surface area contributed by atoms with Crippen molar-refractivity contribution in [2.24, 2.45) is 5.41 Å². The van der Waals surface area contributed by atoms with Crippen LogP contribution in [-0.4, -0.2) is 73.4 Å². The van der Waals surface area contributed by atoms with E-state index in [1.54, 1.807) is 51.1 Å². The first kappa shape index (κ1) is 33.2. The monoisotopic (exact) mass is 635 g/mol. The smallest absolute Gasteiger partial charge is 0.395 e. The second-order valence-electron chi connectivity index (χ2n) is 11.0. The number of benzene rings is 1. The molecular weight excluding hydrogens is 600 g/mol. The number of aliphatic hydroxyl groups is 2. The van der Waals surface area contributed by atoms with Gasteiger partial charge in [0.25, 0.3) is 0 Å². The first-order valence-electron chi connectivity index (χ1n) is 13.5. The van der Waals surface area contributed by atoms with Crippen LogP contribution in [0.4, 0.5) is 4.39 Å². The highest BCUT2D eigenvalue weighted by molar-refractivity contribution is 8.13. The average Bonchev–Trinajstić information content (AvgIpc) is 3.52. The normalized spacial score (nSPS) is 25.4. The van der Waals surface area contributed by atoms with Crippen LogP contribution in [0.3, 0.4) is 0 Å². The Kier molecular flexibility index (Phi) is 10.1. The zero-order valence-electron chi connectivity index (χ0n) is 24.3. The Morgan fingerprint density at radius 1 is 1.30 bits per heavy atom. The number of nitrogens with zero attached hydrogens (tertiary/aromatic N) is 4. The molecule has 3 N–H and O–H groups in total. The van der Waals surface area contributed by atoms with Crippen LogP contribution in [0.1, 0.15) is 37.7 Å². The number of hydrogen-bond acceptors (Lipinski definition) is 11. The van der Waals surface area contributed by atoms with Crippen LogP contribution in [-0.2, 0) is 35.3 Å². The molecule has 1 saturated heterocycles. The minimum atomic E-state index is -4.12. The second-order valence-corrected chi connectivity index (χ2v) is 13.9. The largest absolute Gasteiger partial charge is 0.405 e. The fourth-order valence-corrected chi connectivity index (χ4v) is 6.79. The quantitative estimate of drug-likeness (QED) is 0.185. The molecular formula is C28H35FN5O7PS. The summed E-state index contributed by atoms with van der Waals surface area (Å²) >= 11 is 0.918. The average molecular weight is 636 g/mol. The number of ether oxygens (including phenoxy) is 1. The lowest BCUT2D eigenvalue weighted by molar-refractivity contribution is -0.119. The topological polar surface area (TPSA) is 168 Å². The van der Waals surface area contributed by atoms with Crippen molar-refractivity contribution in [3.05, 3.63) is 65.7 Å². The number of halogens is 1. The SMILES string of the molecule is Cc1ncnn2c([C@]3(C#N)O[C@H](COP(=O)(NCc4ccccc4)OCCSC(=O)C(C)(C)CO)[C@@H](O)[C@@]3(C)F)ccc12. The number of alkyl halides is 1. The Balaban J connectivity index is 1.51. The number of carbonyl (C=O) groups is 1. The Morgan fingerprint density at radius 2 is 2.02 bits per heavy atom. The van der Waals surface area contributed by atoms with Gasteiger partial charge in [-0.25, -0.2) is 23.5 Å². The maximum absolute atomic E-state index is 16.3. The molecule has 4 rings (SSSR count). The lowest BCUT2D eigenvalue weighted by Gasteiger charge is -2.30. The van der Waals surface area contributed by atoms with Gasteiger partial charge in [-0.15, -0.1) is 0 Å². The molecule has 3 aromatic rings. The molecule has 0 spiro atoms. The van der Waals surface area contributed by atoms with Crippen LogP contribution in [0, 0.1) is 23.7 Å². The number of carbonyl (C=O) groups excluding carboxylic acids is 1. The van der Waals surface area contributed by atoms with Crippen molar-refractivity contribution in [3.8, 4) is 6.07 Å². The van der Waals surface area contributed by atoms with E-state index < -0.39 is 43.2 Å². The summed E-state index contributed by atoms with van der Waals surface area (Å²) in [5, 5.41) is 37.3. The molecule has 0 radical (unpaired) electrons. The predicted molar refractivity (Wildman–Crippen MR) is 157 cm³/mol. The van der Waals surface area contributed by atoms with Crippen LogP contribution in [0.2, 0.25) is 0 Å². The molecule has 0 amide bonds. The van der Waals surface area contributed by atoms with E-state index in [1.165, 1.54) is 16.9 Å². The molecule has 232 valence electrons. The molecule has 0 bridgehead atoms. The van der Waals surface area contributed by atoms with Gasteiger partial charge >= 0.3 is 7.75 Å². The number of fused-ring (bicyclic) bond motifs is 1.